The fraction of sp³-hybridized carbons (Fsp3) is 0.0667. The summed E-state index contributed by atoms with van der Waals surface area (Å²) in [6.07, 6.45) is 0. The zero-order valence-electron chi connectivity index (χ0n) is 11.7. The van der Waals surface area contributed by atoms with Gasteiger partial charge in [0.05, 0.1) is 10.5 Å². The van der Waals surface area contributed by atoms with Gasteiger partial charge >= 0.3 is 5.97 Å². The quantitative estimate of drug-likeness (QED) is 0.306. The predicted octanol–water partition coefficient (Wildman–Crippen LogP) is 2.38. The minimum atomic E-state index is -0.739. The average Bonchev–Trinajstić information content (AvgIpc) is 2.52. The summed E-state index contributed by atoms with van der Waals surface area (Å²) in [5.74, 6) is -0.676. The molecule has 112 valence electrons. The van der Waals surface area contributed by atoms with E-state index < -0.39 is 10.9 Å². The summed E-state index contributed by atoms with van der Waals surface area (Å²) in [6.45, 7) is 1.54. The van der Waals surface area contributed by atoms with Crippen LogP contribution in [0.3, 0.4) is 0 Å². The number of benzene rings is 2. The lowest BCUT2D eigenvalue weighted by Crippen LogP contribution is -2.15. The van der Waals surface area contributed by atoms with Gasteiger partial charge in [-0.05, 0) is 19.1 Å². The molecule has 2 aromatic carbocycles. The molecule has 7 nitrogen and oxygen atoms in total. The van der Waals surface area contributed by atoms with Crippen LogP contribution in [-0.4, -0.2) is 16.7 Å². The molecule has 0 aliphatic rings. The molecular formula is C15H13N3O4. The van der Waals surface area contributed by atoms with Crippen molar-refractivity contribution in [1.82, 2.24) is 0 Å². The predicted molar refractivity (Wildman–Crippen MR) is 80.4 cm³/mol. The number of aryl methyl sites for hydroxylation is 1. The Balaban J connectivity index is 2.13. The van der Waals surface area contributed by atoms with Crippen molar-refractivity contribution in [3.8, 4) is 0 Å². The first-order valence-corrected chi connectivity index (χ1v) is 6.34. The second-order valence-electron chi connectivity index (χ2n) is 4.48. The molecule has 0 amide bonds. The Hall–Kier alpha value is -3.22. The largest absolute Gasteiger partial charge is 0.380 e. The summed E-state index contributed by atoms with van der Waals surface area (Å²) in [4.78, 5) is 26.8. The van der Waals surface area contributed by atoms with Crippen molar-refractivity contribution in [3.05, 3.63) is 75.3 Å². The minimum Gasteiger partial charge on any atom is -0.380 e. The van der Waals surface area contributed by atoms with Gasteiger partial charge in [0, 0.05) is 17.2 Å². The van der Waals surface area contributed by atoms with Crippen LogP contribution in [0.4, 0.5) is 5.69 Å². The van der Waals surface area contributed by atoms with E-state index in [1.807, 2.05) is 6.07 Å². The molecule has 2 aromatic rings. The lowest BCUT2D eigenvalue weighted by molar-refractivity contribution is -0.385. The van der Waals surface area contributed by atoms with Crippen LogP contribution in [0.1, 0.15) is 21.5 Å². The number of carbonyl (C=O) groups is 1. The van der Waals surface area contributed by atoms with Crippen molar-refractivity contribution in [2.75, 3.05) is 0 Å². The van der Waals surface area contributed by atoms with Gasteiger partial charge in [-0.1, -0.05) is 35.5 Å². The molecule has 0 fully saturated rings. The Kier molecular flexibility index (Phi) is 4.47. The van der Waals surface area contributed by atoms with E-state index in [1.165, 1.54) is 25.1 Å². The van der Waals surface area contributed by atoms with Crippen molar-refractivity contribution < 1.29 is 14.6 Å². The number of oxime groups is 1. The molecule has 0 unspecified atom stereocenters. The van der Waals surface area contributed by atoms with Crippen LogP contribution in [0, 0.1) is 17.0 Å². The SMILES string of the molecule is Cc1cc(C(=O)O/N=C(\N)c2ccccc2)ccc1[N+](=O)[O-]. The molecule has 0 aliphatic heterocycles. The van der Waals surface area contributed by atoms with Crippen molar-refractivity contribution in [1.29, 1.82) is 0 Å². The van der Waals surface area contributed by atoms with Crippen LogP contribution in [0.2, 0.25) is 0 Å². The number of carbonyl (C=O) groups excluding carboxylic acids is 1. The summed E-state index contributed by atoms with van der Waals surface area (Å²) >= 11 is 0. The Morgan fingerprint density at radius 1 is 1.18 bits per heavy atom. The van der Waals surface area contributed by atoms with Crippen LogP contribution in [0.5, 0.6) is 0 Å². The molecule has 0 saturated carbocycles. The third-order valence-corrected chi connectivity index (χ3v) is 2.93. The highest BCUT2D eigenvalue weighted by Crippen LogP contribution is 2.19. The first kappa shape index (κ1) is 15.2. The number of hydrogen-bond acceptors (Lipinski definition) is 5. The molecule has 0 bridgehead atoms. The third-order valence-electron chi connectivity index (χ3n) is 2.93. The second-order valence-corrected chi connectivity index (χ2v) is 4.48. The summed E-state index contributed by atoms with van der Waals surface area (Å²) in [7, 11) is 0. The van der Waals surface area contributed by atoms with Crippen molar-refractivity contribution in [2.45, 2.75) is 6.92 Å². The normalized spacial score (nSPS) is 11.0. The molecule has 22 heavy (non-hydrogen) atoms. The van der Waals surface area contributed by atoms with Crippen LogP contribution < -0.4 is 5.73 Å². The van der Waals surface area contributed by atoms with Crippen LogP contribution in [0.15, 0.2) is 53.7 Å². The summed E-state index contributed by atoms with van der Waals surface area (Å²) in [6, 6.07) is 12.7. The first-order valence-electron chi connectivity index (χ1n) is 6.34. The molecule has 7 heteroatoms. The average molecular weight is 299 g/mol. The van der Waals surface area contributed by atoms with Crippen molar-refractivity contribution in [2.24, 2.45) is 10.9 Å². The number of nitro benzene ring substituents is 1. The van der Waals surface area contributed by atoms with Gasteiger partial charge < -0.3 is 10.6 Å². The van der Waals surface area contributed by atoms with Gasteiger partial charge in [-0.3, -0.25) is 10.1 Å². The fourth-order valence-electron chi connectivity index (χ4n) is 1.79. The smallest absolute Gasteiger partial charge is 0.365 e. The molecular weight excluding hydrogens is 286 g/mol. The van der Waals surface area contributed by atoms with E-state index in [1.54, 1.807) is 24.3 Å². The number of amidine groups is 1. The van der Waals surface area contributed by atoms with E-state index in [0.717, 1.165) is 0 Å². The van der Waals surface area contributed by atoms with E-state index in [-0.39, 0.29) is 17.1 Å². The van der Waals surface area contributed by atoms with E-state index in [4.69, 9.17) is 10.6 Å². The highest BCUT2D eigenvalue weighted by atomic mass is 16.7. The summed E-state index contributed by atoms with van der Waals surface area (Å²) < 4.78 is 0. The van der Waals surface area contributed by atoms with Gasteiger partial charge in [0.1, 0.15) is 0 Å². The maximum absolute atomic E-state index is 11.9. The molecule has 0 aromatic heterocycles. The van der Waals surface area contributed by atoms with Gasteiger partial charge in [-0.15, -0.1) is 0 Å². The Bertz CT molecular complexity index is 742. The fourth-order valence-corrected chi connectivity index (χ4v) is 1.79. The van der Waals surface area contributed by atoms with E-state index >= 15 is 0 Å². The maximum atomic E-state index is 11.9. The Morgan fingerprint density at radius 2 is 1.86 bits per heavy atom. The zero-order valence-corrected chi connectivity index (χ0v) is 11.7. The number of hydrogen-bond donors (Lipinski definition) is 1. The number of nitrogens with two attached hydrogens (primary N) is 1. The molecule has 0 heterocycles. The van der Waals surface area contributed by atoms with Gasteiger partial charge in [-0.25, -0.2) is 4.79 Å². The van der Waals surface area contributed by atoms with Crippen LogP contribution in [-0.2, 0) is 4.84 Å². The van der Waals surface area contributed by atoms with Gasteiger partial charge in [0.2, 0.25) is 0 Å². The van der Waals surface area contributed by atoms with Crippen molar-refractivity contribution in [3.63, 3.8) is 0 Å². The lowest BCUT2D eigenvalue weighted by atomic mass is 10.1. The molecule has 0 aliphatic carbocycles. The van der Waals surface area contributed by atoms with Gasteiger partial charge in [0.15, 0.2) is 5.84 Å². The Morgan fingerprint density at radius 3 is 2.45 bits per heavy atom. The van der Waals surface area contributed by atoms with E-state index in [0.29, 0.717) is 11.1 Å². The molecule has 0 saturated heterocycles. The molecule has 2 N–H and O–H groups in total. The van der Waals surface area contributed by atoms with Crippen LogP contribution in [0.25, 0.3) is 0 Å². The number of nitro groups is 1. The molecule has 0 atom stereocenters. The van der Waals surface area contributed by atoms with Crippen molar-refractivity contribution >= 4 is 17.5 Å². The molecule has 0 radical (unpaired) electrons. The number of rotatable bonds is 4. The number of nitrogens with zero attached hydrogens (tertiary/aromatic N) is 2. The lowest BCUT2D eigenvalue weighted by Gasteiger charge is -2.02. The third kappa shape index (κ3) is 3.45. The maximum Gasteiger partial charge on any atom is 0.365 e. The highest BCUT2D eigenvalue weighted by molar-refractivity contribution is 5.98. The summed E-state index contributed by atoms with van der Waals surface area (Å²) in [5, 5.41) is 14.3. The highest BCUT2D eigenvalue weighted by Gasteiger charge is 2.15. The minimum absolute atomic E-state index is 0.0626. The standard InChI is InChI=1S/C15H13N3O4/c1-10-9-12(7-8-13(10)18(20)21)15(19)22-17-14(16)11-5-3-2-4-6-11/h2-9H,1H3,(H2,16,17). The summed E-state index contributed by atoms with van der Waals surface area (Å²) in [5.41, 5.74) is 6.77. The van der Waals surface area contributed by atoms with Gasteiger partial charge in [0.25, 0.3) is 5.69 Å². The molecule has 0 spiro atoms. The van der Waals surface area contributed by atoms with Gasteiger partial charge in [-0.2, -0.15) is 0 Å². The first-order chi connectivity index (χ1) is 10.5. The zero-order chi connectivity index (χ0) is 16.1. The molecule has 2 rings (SSSR count). The van der Waals surface area contributed by atoms with E-state index in [2.05, 4.69) is 5.16 Å². The van der Waals surface area contributed by atoms with E-state index in [9.17, 15) is 14.9 Å². The second kappa shape index (κ2) is 6.49. The topological polar surface area (TPSA) is 108 Å². The Labute approximate surface area is 126 Å². The van der Waals surface area contributed by atoms with Crippen LogP contribution >= 0.6 is 0 Å². The monoisotopic (exact) mass is 299 g/mol.